The highest BCUT2D eigenvalue weighted by molar-refractivity contribution is 5.88. The van der Waals surface area contributed by atoms with Crippen molar-refractivity contribution in [3.63, 3.8) is 0 Å². The summed E-state index contributed by atoms with van der Waals surface area (Å²) in [4.78, 5) is 37.4. The SMILES string of the molecule is CC1CCC(C(C)C)C(COC(=O)[C@@H](NC(=O)CNC(=O)OC(C)(C)C)c2ccccc2)C1. The van der Waals surface area contributed by atoms with Crippen molar-refractivity contribution in [3.05, 3.63) is 35.9 Å². The number of carbonyl (C=O) groups is 3. The molecule has 0 saturated heterocycles. The summed E-state index contributed by atoms with van der Waals surface area (Å²) >= 11 is 0. The van der Waals surface area contributed by atoms with Crippen molar-refractivity contribution in [1.29, 1.82) is 0 Å². The first-order valence-corrected chi connectivity index (χ1v) is 11.9. The first-order chi connectivity index (χ1) is 15.5. The highest BCUT2D eigenvalue weighted by Crippen LogP contribution is 2.38. The Kier molecular flexibility index (Phi) is 9.74. The summed E-state index contributed by atoms with van der Waals surface area (Å²) in [5.74, 6) is 0.998. The van der Waals surface area contributed by atoms with Gasteiger partial charge in [-0.3, -0.25) is 4.79 Å². The van der Waals surface area contributed by atoms with E-state index in [9.17, 15) is 14.4 Å². The van der Waals surface area contributed by atoms with Gasteiger partial charge in [0.15, 0.2) is 6.04 Å². The zero-order valence-corrected chi connectivity index (χ0v) is 20.9. The molecular weight excluding hydrogens is 420 g/mol. The van der Waals surface area contributed by atoms with Gasteiger partial charge >= 0.3 is 12.1 Å². The highest BCUT2D eigenvalue weighted by atomic mass is 16.6. The van der Waals surface area contributed by atoms with Crippen LogP contribution in [-0.2, 0) is 19.1 Å². The third kappa shape index (κ3) is 9.06. The van der Waals surface area contributed by atoms with Gasteiger partial charge in [-0.05, 0) is 62.8 Å². The quantitative estimate of drug-likeness (QED) is 0.552. The van der Waals surface area contributed by atoms with E-state index >= 15 is 0 Å². The fraction of sp³-hybridized carbons (Fsp3) is 0.654. The second-order valence-corrected chi connectivity index (χ2v) is 10.5. The van der Waals surface area contributed by atoms with Crippen LogP contribution in [0.4, 0.5) is 4.79 Å². The van der Waals surface area contributed by atoms with E-state index in [1.54, 1.807) is 45.0 Å². The summed E-state index contributed by atoms with van der Waals surface area (Å²) in [7, 11) is 0. The first kappa shape index (κ1) is 26.7. The summed E-state index contributed by atoms with van der Waals surface area (Å²) in [6.45, 7) is 12.0. The Morgan fingerprint density at radius 2 is 1.76 bits per heavy atom. The smallest absolute Gasteiger partial charge is 0.408 e. The molecule has 0 radical (unpaired) electrons. The topological polar surface area (TPSA) is 93.7 Å². The lowest BCUT2D eigenvalue weighted by Crippen LogP contribution is -2.43. The Bertz CT molecular complexity index is 788. The Morgan fingerprint density at radius 1 is 1.09 bits per heavy atom. The van der Waals surface area contributed by atoms with Gasteiger partial charge in [-0.25, -0.2) is 9.59 Å². The maximum atomic E-state index is 13.1. The molecule has 2 amide bonds. The molecule has 1 aromatic carbocycles. The zero-order valence-electron chi connectivity index (χ0n) is 20.9. The largest absolute Gasteiger partial charge is 0.464 e. The molecule has 0 heterocycles. The molecule has 3 unspecified atom stereocenters. The van der Waals surface area contributed by atoms with Crippen molar-refractivity contribution >= 4 is 18.0 Å². The van der Waals surface area contributed by atoms with Gasteiger partial charge in [0.25, 0.3) is 0 Å². The van der Waals surface area contributed by atoms with Gasteiger partial charge in [0.2, 0.25) is 5.91 Å². The number of rotatable bonds is 8. The van der Waals surface area contributed by atoms with Crippen molar-refractivity contribution in [3.8, 4) is 0 Å². The molecule has 1 aromatic rings. The number of hydrogen-bond acceptors (Lipinski definition) is 5. The lowest BCUT2D eigenvalue weighted by atomic mass is 9.70. The van der Waals surface area contributed by atoms with Crippen LogP contribution in [0.1, 0.15) is 72.4 Å². The molecule has 0 aliphatic heterocycles. The van der Waals surface area contributed by atoms with Gasteiger partial charge in [0, 0.05) is 0 Å². The minimum atomic E-state index is -0.947. The van der Waals surface area contributed by atoms with Crippen molar-refractivity contribution < 1.29 is 23.9 Å². The average Bonchev–Trinajstić information content (AvgIpc) is 2.73. The number of benzene rings is 1. The van der Waals surface area contributed by atoms with E-state index in [2.05, 4.69) is 31.4 Å². The molecule has 2 N–H and O–H groups in total. The molecule has 33 heavy (non-hydrogen) atoms. The maximum absolute atomic E-state index is 13.1. The van der Waals surface area contributed by atoms with Gasteiger partial charge < -0.3 is 20.1 Å². The lowest BCUT2D eigenvalue weighted by Gasteiger charge is -2.37. The van der Waals surface area contributed by atoms with Gasteiger partial charge in [-0.15, -0.1) is 0 Å². The number of hydrogen-bond donors (Lipinski definition) is 2. The predicted molar refractivity (Wildman–Crippen MR) is 127 cm³/mol. The second kappa shape index (κ2) is 12.1. The third-order valence-electron chi connectivity index (χ3n) is 6.07. The van der Waals surface area contributed by atoms with E-state index in [4.69, 9.17) is 9.47 Å². The van der Waals surface area contributed by atoms with Crippen LogP contribution in [0.2, 0.25) is 0 Å². The lowest BCUT2D eigenvalue weighted by molar-refractivity contribution is -0.150. The molecule has 2 rings (SSSR count). The Labute approximate surface area is 198 Å². The molecule has 0 bridgehead atoms. The van der Waals surface area contributed by atoms with Crippen LogP contribution < -0.4 is 10.6 Å². The number of nitrogens with one attached hydrogen (secondary N) is 2. The Balaban J connectivity index is 2.01. The van der Waals surface area contributed by atoms with Crippen LogP contribution in [0.25, 0.3) is 0 Å². The molecule has 1 aliphatic rings. The van der Waals surface area contributed by atoms with Crippen molar-refractivity contribution in [2.75, 3.05) is 13.2 Å². The molecular formula is C26H40N2O5. The Hall–Kier alpha value is -2.57. The van der Waals surface area contributed by atoms with Gasteiger partial charge in [-0.1, -0.05) is 57.5 Å². The summed E-state index contributed by atoms with van der Waals surface area (Å²) in [5.41, 5.74) is -0.0351. The van der Waals surface area contributed by atoms with Gasteiger partial charge in [0.05, 0.1) is 6.61 Å². The van der Waals surface area contributed by atoms with E-state index in [1.165, 1.54) is 6.42 Å². The number of amides is 2. The molecule has 7 heteroatoms. The van der Waals surface area contributed by atoms with Crippen LogP contribution in [0.3, 0.4) is 0 Å². The van der Waals surface area contributed by atoms with Crippen LogP contribution in [-0.4, -0.2) is 36.7 Å². The molecule has 0 aromatic heterocycles. The fourth-order valence-electron chi connectivity index (χ4n) is 4.47. The molecule has 7 nitrogen and oxygen atoms in total. The number of carbonyl (C=O) groups excluding carboxylic acids is 3. The van der Waals surface area contributed by atoms with E-state index in [0.717, 1.165) is 12.8 Å². The highest BCUT2D eigenvalue weighted by Gasteiger charge is 2.33. The molecule has 184 valence electrons. The molecule has 1 aliphatic carbocycles. The summed E-state index contributed by atoms with van der Waals surface area (Å²) in [6.07, 6.45) is 2.71. The van der Waals surface area contributed by atoms with Crippen LogP contribution in [0.15, 0.2) is 30.3 Å². The average molecular weight is 461 g/mol. The minimum absolute atomic E-state index is 0.304. The molecule has 0 spiro atoms. The van der Waals surface area contributed by atoms with E-state index in [-0.39, 0.29) is 6.54 Å². The van der Waals surface area contributed by atoms with Gasteiger partial charge in [0.1, 0.15) is 12.1 Å². The Morgan fingerprint density at radius 3 is 2.36 bits per heavy atom. The molecule has 1 fully saturated rings. The normalized spacial score (nSPS) is 21.7. The number of esters is 1. The molecule has 4 atom stereocenters. The summed E-state index contributed by atoms with van der Waals surface area (Å²) < 4.78 is 10.9. The summed E-state index contributed by atoms with van der Waals surface area (Å²) in [5, 5.41) is 5.11. The van der Waals surface area contributed by atoms with Crippen LogP contribution in [0.5, 0.6) is 0 Å². The van der Waals surface area contributed by atoms with Gasteiger partial charge in [-0.2, -0.15) is 0 Å². The standard InChI is InChI=1S/C26H40N2O5/c1-17(2)21-13-12-18(3)14-20(21)16-32-24(30)23(19-10-8-7-9-11-19)28-22(29)15-27-25(31)33-26(4,5)6/h7-11,17-18,20-21,23H,12-16H2,1-6H3,(H,27,31)(H,28,29)/t18?,20?,21?,23-/m0/s1. The van der Waals surface area contributed by atoms with E-state index in [1.807, 2.05) is 6.07 Å². The van der Waals surface area contributed by atoms with E-state index < -0.39 is 29.6 Å². The minimum Gasteiger partial charge on any atom is -0.464 e. The zero-order chi connectivity index (χ0) is 24.6. The van der Waals surface area contributed by atoms with Crippen LogP contribution in [0, 0.1) is 23.7 Å². The van der Waals surface area contributed by atoms with Crippen molar-refractivity contribution in [2.45, 2.75) is 72.4 Å². The third-order valence-corrected chi connectivity index (χ3v) is 6.07. The molecule has 1 saturated carbocycles. The predicted octanol–water partition coefficient (Wildman–Crippen LogP) is 4.62. The first-order valence-electron chi connectivity index (χ1n) is 11.9. The maximum Gasteiger partial charge on any atom is 0.408 e. The van der Waals surface area contributed by atoms with Crippen molar-refractivity contribution in [1.82, 2.24) is 10.6 Å². The summed E-state index contributed by atoms with van der Waals surface area (Å²) in [6, 6.07) is 8.04. The second-order valence-electron chi connectivity index (χ2n) is 10.5. The fourth-order valence-corrected chi connectivity index (χ4v) is 4.47. The number of ether oxygens (including phenoxy) is 2. The van der Waals surface area contributed by atoms with E-state index in [0.29, 0.717) is 35.8 Å². The number of alkyl carbamates (subject to hydrolysis) is 1. The van der Waals surface area contributed by atoms with Crippen molar-refractivity contribution in [2.24, 2.45) is 23.7 Å². The monoisotopic (exact) mass is 460 g/mol. The van der Waals surface area contributed by atoms with Crippen LogP contribution >= 0.6 is 0 Å².